The Morgan fingerprint density at radius 1 is 1.15 bits per heavy atom. The van der Waals surface area contributed by atoms with Crippen LogP contribution in [0.15, 0.2) is 46.4 Å². The second-order valence-corrected chi connectivity index (χ2v) is 5.73. The lowest BCUT2D eigenvalue weighted by molar-refractivity contribution is 0.210. The number of nitrogens with zero attached hydrogens (tertiary/aromatic N) is 5. The number of hydrogen-bond acceptors (Lipinski definition) is 4. The molecule has 0 spiro atoms. The molecule has 0 unspecified atom stereocenters. The molecule has 1 aromatic heterocycles. The number of allylic oxidation sites excluding steroid dienone is 4. The SMILES string of the molecule is CCN(C(=O)n1nnn(-c2c(F)cccc2F)c1=O)/C(C)=C/C=C(C)C. The summed E-state index contributed by atoms with van der Waals surface area (Å²) in [6, 6.07) is 2.36. The van der Waals surface area contributed by atoms with Crippen LogP contribution in [0.5, 0.6) is 0 Å². The van der Waals surface area contributed by atoms with Gasteiger partial charge in [0.2, 0.25) is 0 Å². The highest BCUT2D eigenvalue weighted by atomic mass is 19.1. The third-order valence-corrected chi connectivity index (χ3v) is 3.54. The largest absolute Gasteiger partial charge is 0.377 e. The van der Waals surface area contributed by atoms with Crippen LogP contribution in [0.4, 0.5) is 13.6 Å². The second kappa shape index (κ2) is 7.85. The minimum Gasteiger partial charge on any atom is -0.297 e. The van der Waals surface area contributed by atoms with Gasteiger partial charge in [0.1, 0.15) is 5.69 Å². The van der Waals surface area contributed by atoms with Crippen LogP contribution in [0.2, 0.25) is 0 Å². The third kappa shape index (κ3) is 3.76. The van der Waals surface area contributed by atoms with Crippen LogP contribution < -0.4 is 5.69 Å². The highest BCUT2D eigenvalue weighted by molar-refractivity contribution is 5.77. The van der Waals surface area contributed by atoms with Crippen molar-refractivity contribution in [3.63, 3.8) is 0 Å². The van der Waals surface area contributed by atoms with Crippen LogP contribution in [0.25, 0.3) is 5.69 Å². The molecule has 0 atom stereocenters. The Labute approximate surface area is 148 Å². The Kier molecular flexibility index (Phi) is 5.81. The molecular formula is C17H19F2N5O2. The smallest absolute Gasteiger partial charge is 0.297 e. The van der Waals surface area contributed by atoms with Crippen molar-refractivity contribution in [1.82, 2.24) is 24.7 Å². The van der Waals surface area contributed by atoms with Crippen molar-refractivity contribution < 1.29 is 13.6 Å². The van der Waals surface area contributed by atoms with Gasteiger partial charge in [0.15, 0.2) is 11.6 Å². The summed E-state index contributed by atoms with van der Waals surface area (Å²) in [5.41, 5.74) is -0.132. The molecule has 0 saturated heterocycles. The molecule has 9 heteroatoms. The van der Waals surface area contributed by atoms with Gasteiger partial charge >= 0.3 is 11.7 Å². The van der Waals surface area contributed by atoms with Crippen molar-refractivity contribution in [2.24, 2.45) is 0 Å². The van der Waals surface area contributed by atoms with Crippen molar-refractivity contribution in [3.05, 3.63) is 63.7 Å². The first-order chi connectivity index (χ1) is 12.3. The Balaban J connectivity index is 2.46. The molecule has 1 aromatic carbocycles. The minimum absolute atomic E-state index is 0.269. The van der Waals surface area contributed by atoms with Crippen molar-refractivity contribution in [2.75, 3.05) is 6.54 Å². The van der Waals surface area contributed by atoms with Gasteiger partial charge in [-0.1, -0.05) is 17.7 Å². The minimum atomic E-state index is -1.06. The van der Waals surface area contributed by atoms with E-state index in [-0.39, 0.29) is 6.54 Å². The fourth-order valence-corrected chi connectivity index (χ4v) is 2.23. The first-order valence-electron chi connectivity index (χ1n) is 7.91. The van der Waals surface area contributed by atoms with Crippen LogP contribution >= 0.6 is 0 Å². The first kappa shape index (κ1) is 19.2. The van der Waals surface area contributed by atoms with Crippen LogP contribution in [0, 0.1) is 11.6 Å². The molecular weight excluding hydrogens is 344 g/mol. The third-order valence-electron chi connectivity index (χ3n) is 3.54. The van der Waals surface area contributed by atoms with E-state index in [9.17, 15) is 18.4 Å². The van der Waals surface area contributed by atoms with E-state index in [4.69, 9.17) is 0 Å². The van der Waals surface area contributed by atoms with E-state index in [0.717, 1.165) is 23.8 Å². The van der Waals surface area contributed by atoms with E-state index >= 15 is 0 Å². The van der Waals surface area contributed by atoms with E-state index in [1.54, 1.807) is 19.9 Å². The lowest BCUT2D eigenvalue weighted by Gasteiger charge is -2.19. The van der Waals surface area contributed by atoms with Crippen molar-refractivity contribution in [2.45, 2.75) is 27.7 Å². The summed E-state index contributed by atoms with van der Waals surface area (Å²) in [5.74, 6) is -1.97. The van der Waals surface area contributed by atoms with E-state index in [1.807, 2.05) is 19.9 Å². The molecule has 0 N–H and O–H groups in total. The summed E-state index contributed by atoms with van der Waals surface area (Å²) in [5, 5.41) is 6.91. The maximum absolute atomic E-state index is 13.9. The summed E-state index contributed by atoms with van der Waals surface area (Å²) < 4.78 is 28.6. The Morgan fingerprint density at radius 3 is 2.31 bits per heavy atom. The molecule has 26 heavy (non-hydrogen) atoms. The zero-order chi connectivity index (χ0) is 19.4. The molecule has 0 aliphatic rings. The molecule has 2 aromatic rings. The standard InChI is InChI=1S/C17H19F2N5O2/c1-5-22(12(4)10-9-11(2)3)16(25)24-17(26)23(20-21-24)15-13(18)7-6-8-14(15)19/h6-10H,5H2,1-4H3/b12-10+. The van der Waals surface area contributed by atoms with Crippen LogP contribution in [-0.2, 0) is 0 Å². The van der Waals surface area contributed by atoms with Crippen LogP contribution in [-0.4, -0.2) is 37.3 Å². The molecule has 0 bridgehead atoms. The van der Waals surface area contributed by atoms with Gasteiger partial charge < -0.3 is 0 Å². The van der Waals surface area contributed by atoms with Crippen molar-refractivity contribution >= 4 is 6.03 Å². The summed E-state index contributed by atoms with van der Waals surface area (Å²) in [7, 11) is 0. The average molecular weight is 363 g/mol. The average Bonchev–Trinajstić information content (AvgIpc) is 2.95. The topological polar surface area (TPSA) is 73.0 Å². The molecule has 0 aliphatic carbocycles. The number of carbonyl (C=O) groups excluding carboxylic acids is 1. The maximum Gasteiger partial charge on any atom is 0.377 e. The summed E-state index contributed by atoms with van der Waals surface area (Å²) >= 11 is 0. The van der Waals surface area contributed by atoms with E-state index < -0.39 is 29.0 Å². The summed E-state index contributed by atoms with van der Waals surface area (Å²) in [4.78, 5) is 26.3. The molecule has 7 nitrogen and oxygen atoms in total. The summed E-state index contributed by atoms with van der Waals surface area (Å²) in [6.07, 6.45) is 3.54. The molecule has 2 rings (SSSR count). The van der Waals surface area contributed by atoms with Gasteiger partial charge in [-0.25, -0.2) is 18.4 Å². The Bertz CT molecular complexity index is 919. The van der Waals surface area contributed by atoms with E-state index in [1.165, 1.54) is 4.90 Å². The van der Waals surface area contributed by atoms with Gasteiger partial charge in [-0.2, -0.15) is 4.68 Å². The number of amides is 1. The monoisotopic (exact) mass is 363 g/mol. The zero-order valence-electron chi connectivity index (χ0n) is 14.9. The molecule has 138 valence electrons. The number of carbonyl (C=O) groups is 1. The van der Waals surface area contributed by atoms with Gasteiger partial charge in [-0.05, 0) is 56.3 Å². The van der Waals surface area contributed by atoms with Gasteiger partial charge in [0.25, 0.3) is 0 Å². The molecule has 0 radical (unpaired) electrons. The normalized spacial score (nSPS) is 11.4. The Morgan fingerprint density at radius 2 is 1.77 bits per heavy atom. The number of hydrogen-bond donors (Lipinski definition) is 0. The van der Waals surface area contributed by atoms with Crippen LogP contribution in [0.1, 0.15) is 27.7 Å². The number of halogens is 2. The first-order valence-corrected chi connectivity index (χ1v) is 7.91. The fraction of sp³-hybridized carbons (Fsp3) is 0.294. The van der Waals surface area contributed by atoms with E-state index in [2.05, 4.69) is 10.4 Å². The Hall–Kier alpha value is -3.10. The zero-order valence-corrected chi connectivity index (χ0v) is 14.9. The van der Waals surface area contributed by atoms with Crippen molar-refractivity contribution in [1.29, 1.82) is 0 Å². The molecule has 1 amide bonds. The lowest BCUT2D eigenvalue weighted by atomic mass is 10.3. The van der Waals surface area contributed by atoms with E-state index in [0.29, 0.717) is 15.1 Å². The van der Waals surface area contributed by atoms with Gasteiger partial charge in [-0.15, -0.1) is 4.68 Å². The fourth-order valence-electron chi connectivity index (χ4n) is 2.23. The quantitative estimate of drug-likeness (QED) is 0.618. The highest BCUT2D eigenvalue weighted by Gasteiger charge is 2.23. The van der Waals surface area contributed by atoms with Gasteiger partial charge in [0.05, 0.1) is 0 Å². The van der Waals surface area contributed by atoms with Crippen molar-refractivity contribution in [3.8, 4) is 5.69 Å². The lowest BCUT2D eigenvalue weighted by Crippen LogP contribution is -2.40. The number of benzene rings is 1. The highest BCUT2D eigenvalue weighted by Crippen LogP contribution is 2.14. The van der Waals surface area contributed by atoms with Gasteiger partial charge in [-0.3, -0.25) is 4.90 Å². The predicted octanol–water partition coefficient (Wildman–Crippen LogP) is 2.87. The second-order valence-electron chi connectivity index (χ2n) is 5.73. The number of aromatic nitrogens is 4. The molecule has 0 aliphatic heterocycles. The predicted molar refractivity (Wildman–Crippen MR) is 91.9 cm³/mol. The molecule has 1 heterocycles. The molecule has 0 saturated carbocycles. The maximum atomic E-state index is 13.9. The summed E-state index contributed by atoms with van der Waals surface area (Å²) in [6.45, 7) is 7.50. The number of tetrazole rings is 1. The molecule has 0 fully saturated rings. The van der Waals surface area contributed by atoms with Gasteiger partial charge in [0, 0.05) is 12.2 Å². The van der Waals surface area contributed by atoms with Crippen LogP contribution in [0.3, 0.4) is 0 Å². The number of rotatable bonds is 4. The number of para-hydroxylation sites is 1.